The van der Waals surface area contributed by atoms with Crippen molar-refractivity contribution in [3.8, 4) is 23.0 Å². The van der Waals surface area contributed by atoms with E-state index in [0.29, 0.717) is 47.0 Å². The van der Waals surface area contributed by atoms with Gasteiger partial charge in [-0.2, -0.15) is 0 Å². The first-order valence-electron chi connectivity index (χ1n) is 9.79. The Kier molecular flexibility index (Phi) is 8.68. The number of Topliss-reactive ketones (excluding diaryl/α,β-unsaturated/α-hetero) is 2. The molecule has 2 rings (SSSR count). The lowest BCUT2D eigenvalue weighted by Crippen LogP contribution is -2.25. The minimum absolute atomic E-state index is 0.00823. The fourth-order valence-electron chi connectivity index (χ4n) is 2.75. The maximum absolute atomic E-state index is 11.8. The quantitative estimate of drug-likeness (QED) is 0.528. The van der Waals surface area contributed by atoms with Crippen LogP contribution in [-0.4, -0.2) is 50.2 Å². The van der Waals surface area contributed by atoms with E-state index in [0.717, 1.165) is 0 Å². The molecule has 0 atom stereocenters. The standard InChI is InChI=1S/C23H28O7/c1-5-18(25)15-7-9-20(22(11-15)27-3)29-13-17(24)14-30-21-10-8-16(19(26)6-2)12-23(21)28-4/h7-12,17,24H,5-6,13-14H2,1-4H3. The van der Waals surface area contributed by atoms with Crippen LogP contribution in [-0.2, 0) is 0 Å². The van der Waals surface area contributed by atoms with Crippen molar-refractivity contribution in [2.75, 3.05) is 27.4 Å². The summed E-state index contributed by atoms with van der Waals surface area (Å²) in [6.45, 7) is 3.51. The van der Waals surface area contributed by atoms with E-state index in [1.165, 1.54) is 14.2 Å². The summed E-state index contributed by atoms with van der Waals surface area (Å²) in [5.74, 6) is 1.69. The van der Waals surface area contributed by atoms with E-state index >= 15 is 0 Å². The summed E-state index contributed by atoms with van der Waals surface area (Å²) in [5.41, 5.74) is 1.09. The molecule has 0 aromatic heterocycles. The van der Waals surface area contributed by atoms with Gasteiger partial charge in [-0.3, -0.25) is 9.59 Å². The highest BCUT2D eigenvalue weighted by atomic mass is 16.5. The number of hydrogen-bond donors (Lipinski definition) is 1. The first-order chi connectivity index (χ1) is 14.4. The van der Waals surface area contributed by atoms with Crippen LogP contribution < -0.4 is 18.9 Å². The fourth-order valence-corrected chi connectivity index (χ4v) is 2.75. The molecule has 0 aliphatic heterocycles. The molecule has 0 aliphatic rings. The highest BCUT2D eigenvalue weighted by Gasteiger charge is 2.15. The molecule has 0 spiro atoms. The number of rotatable bonds is 12. The van der Waals surface area contributed by atoms with Crippen LogP contribution in [0.5, 0.6) is 23.0 Å². The largest absolute Gasteiger partial charge is 0.493 e. The second kappa shape index (κ2) is 11.2. The molecule has 0 heterocycles. The number of ketones is 2. The van der Waals surface area contributed by atoms with Crippen LogP contribution in [0, 0.1) is 0 Å². The summed E-state index contributed by atoms with van der Waals surface area (Å²) in [5, 5.41) is 10.2. The first-order valence-corrected chi connectivity index (χ1v) is 9.79. The number of methoxy groups -OCH3 is 2. The zero-order valence-corrected chi connectivity index (χ0v) is 17.8. The summed E-state index contributed by atoms with van der Waals surface area (Å²) in [6, 6.07) is 9.85. The smallest absolute Gasteiger partial charge is 0.162 e. The molecule has 0 bridgehead atoms. The Labute approximate surface area is 176 Å². The monoisotopic (exact) mass is 416 g/mol. The van der Waals surface area contributed by atoms with Crippen LogP contribution in [0.1, 0.15) is 47.4 Å². The molecule has 0 unspecified atom stereocenters. The van der Waals surface area contributed by atoms with Gasteiger partial charge in [0.05, 0.1) is 14.2 Å². The average molecular weight is 416 g/mol. The molecule has 0 radical (unpaired) electrons. The summed E-state index contributed by atoms with van der Waals surface area (Å²) in [4.78, 5) is 23.6. The third-order valence-corrected chi connectivity index (χ3v) is 4.48. The van der Waals surface area contributed by atoms with Gasteiger partial charge in [0, 0.05) is 24.0 Å². The van der Waals surface area contributed by atoms with E-state index in [1.54, 1.807) is 50.2 Å². The van der Waals surface area contributed by atoms with Gasteiger partial charge >= 0.3 is 0 Å². The summed E-state index contributed by atoms with van der Waals surface area (Å²) in [7, 11) is 2.97. The molecule has 2 aromatic rings. The number of hydrogen-bond acceptors (Lipinski definition) is 7. The van der Waals surface area contributed by atoms with Crippen LogP contribution in [0.3, 0.4) is 0 Å². The van der Waals surface area contributed by atoms with Crippen LogP contribution in [0.2, 0.25) is 0 Å². The van der Waals surface area contributed by atoms with E-state index in [2.05, 4.69) is 0 Å². The van der Waals surface area contributed by atoms with Crippen molar-refractivity contribution >= 4 is 11.6 Å². The predicted octanol–water partition coefficient (Wildman–Crippen LogP) is 3.71. The van der Waals surface area contributed by atoms with Crippen molar-refractivity contribution in [3.63, 3.8) is 0 Å². The Bertz CT molecular complexity index is 804. The predicted molar refractivity (Wildman–Crippen MR) is 112 cm³/mol. The summed E-state index contributed by atoms with van der Waals surface area (Å²) < 4.78 is 21.8. The Morgan fingerprint density at radius 2 is 1.17 bits per heavy atom. The molecule has 0 amide bonds. The topological polar surface area (TPSA) is 91.3 Å². The molecule has 0 saturated heterocycles. The molecular formula is C23H28O7. The lowest BCUT2D eigenvalue weighted by molar-refractivity contribution is 0.0606. The number of ether oxygens (including phenoxy) is 4. The van der Waals surface area contributed by atoms with Gasteiger partial charge in [0.15, 0.2) is 34.6 Å². The Morgan fingerprint density at radius 1 is 0.767 bits per heavy atom. The van der Waals surface area contributed by atoms with E-state index in [4.69, 9.17) is 18.9 Å². The van der Waals surface area contributed by atoms with Gasteiger partial charge in [-0.15, -0.1) is 0 Å². The van der Waals surface area contributed by atoms with Gasteiger partial charge in [-0.1, -0.05) is 13.8 Å². The summed E-state index contributed by atoms with van der Waals surface area (Å²) in [6.07, 6.45) is -0.124. The van der Waals surface area contributed by atoms with Gasteiger partial charge in [-0.05, 0) is 36.4 Å². The molecule has 1 N–H and O–H groups in total. The maximum Gasteiger partial charge on any atom is 0.162 e. The highest BCUT2D eigenvalue weighted by Crippen LogP contribution is 2.30. The molecule has 162 valence electrons. The second-order valence-corrected chi connectivity index (χ2v) is 6.56. The van der Waals surface area contributed by atoms with Gasteiger partial charge in [0.2, 0.25) is 0 Å². The zero-order valence-electron chi connectivity index (χ0n) is 17.8. The Morgan fingerprint density at radius 3 is 1.50 bits per heavy atom. The lowest BCUT2D eigenvalue weighted by atomic mass is 10.1. The molecule has 2 aromatic carbocycles. The van der Waals surface area contributed by atoms with Crippen molar-refractivity contribution in [2.24, 2.45) is 0 Å². The summed E-state index contributed by atoms with van der Waals surface area (Å²) >= 11 is 0. The van der Waals surface area contributed by atoms with E-state index in [9.17, 15) is 14.7 Å². The third kappa shape index (κ3) is 5.97. The van der Waals surface area contributed by atoms with E-state index in [1.807, 2.05) is 0 Å². The lowest BCUT2D eigenvalue weighted by Gasteiger charge is -2.17. The molecule has 30 heavy (non-hydrogen) atoms. The Balaban J connectivity index is 1.96. The minimum Gasteiger partial charge on any atom is -0.493 e. The first kappa shape index (κ1) is 23.2. The van der Waals surface area contributed by atoms with Gasteiger partial charge in [0.25, 0.3) is 0 Å². The number of aliphatic hydroxyl groups is 1. The molecule has 0 aliphatic carbocycles. The number of aliphatic hydroxyl groups excluding tert-OH is 1. The van der Waals surface area contributed by atoms with Crippen LogP contribution in [0.25, 0.3) is 0 Å². The maximum atomic E-state index is 11.8. The Hall–Kier alpha value is -3.06. The van der Waals surface area contributed by atoms with Crippen molar-refractivity contribution in [1.29, 1.82) is 0 Å². The normalized spacial score (nSPS) is 10.6. The molecule has 0 saturated carbocycles. The minimum atomic E-state index is -0.923. The van der Waals surface area contributed by atoms with Crippen molar-refractivity contribution in [1.82, 2.24) is 0 Å². The number of carbonyl (C=O) groups is 2. The highest BCUT2D eigenvalue weighted by molar-refractivity contribution is 5.97. The van der Waals surface area contributed by atoms with Crippen molar-refractivity contribution in [2.45, 2.75) is 32.8 Å². The van der Waals surface area contributed by atoms with Crippen LogP contribution >= 0.6 is 0 Å². The SMILES string of the molecule is CCC(=O)c1ccc(OCC(O)COc2ccc(C(=O)CC)cc2OC)c(OC)c1. The van der Waals surface area contributed by atoms with Crippen molar-refractivity contribution in [3.05, 3.63) is 47.5 Å². The number of benzene rings is 2. The van der Waals surface area contributed by atoms with E-state index in [-0.39, 0.29) is 24.8 Å². The van der Waals surface area contributed by atoms with Gasteiger partial charge < -0.3 is 24.1 Å². The third-order valence-electron chi connectivity index (χ3n) is 4.48. The van der Waals surface area contributed by atoms with Crippen molar-refractivity contribution < 1.29 is 33.6 Å². The second-order valence-electron chi connectivity index (χ2n) is 6.56. The molecule has 7 heteroatoms. The zero-order chi connectivity index (χ0) is 22.1. The van der Waals surface area contributed by atoms with Gasteiger partial charge in [0.1, 0.15) is 19.3 Å². The molecule has 0 fully saturated rings. The van der Waals surface area contributed by atoms with E-state index < -0.39 is 6.10 Å². The van der Waals surface area contributed by atoms with Gasteiger partial charge in [-0.25, -0.2) is 0 Å². The average Bonchev–Trinajstić information content (AvgIpc) is 2.79. The fraction of sp³-hybridized carbons (Fsp3) is 0.391. The molecular weight excluding hydrogens is 388 g/mol. The van der Waals surface area contributed by atoms with Crippen LogP contribution in [0.4, 0.5) is 0 Å². The van der Waals surface area contributed by atoms with Crippen LogP contribution in [0.15, 0.2) is 36.4 Å². The number of carbonyl (C=O) groups excluding carboxylic acids is 2. The molecule has 7 nitrogen and oxygen atoms in total.